The van der Waals surface area contributed by atoms with E-state index in [2.05, 4.69) is 29.8 Å². The van der Waals surface area contributed by atoms with Gasteiger partial charge in [-0.05, 0) is 48.9 Å². The van der Waals surface area contributed by atoms with Crippen LogP contribution in [0, 0.1) is 0 Å². The molecule has 14 nitrogen and oxygen atoms in total. The lowest BCUT2D eigenvalue weighted by Crippen LogP contribution is -2.39. The number of nitrogens with one attached hydrogen (secondary N) is 1. The lowest BCUT2D eigenvalue weighted by molar-refractivity contribution is 0.0363. The molecule has 42 heavy (non-hydrogen) atoms. The Bertz CT molecular complexity index is 1630. The number of H-pyrrole nitrogens is 1. The Morgan fingerprint density at radius 3 is 2.00 bits per heavy atom. The van der Waals surface area contributed by atoms with Crippen molar-refractivity contribution in [3.05, 3.63) is 43.9 Å². The zero-order valence-corrected chi connectivity index (χ0v) is 24.6. The minimum Gasteiger partial charge on any atom is -0.381 e. The Morgan fingerprint density at radius 1 is 0.762 bits per heavy atom. The lowest BCUT2D eigenvalue weighted by Gasteiger charge is -2.26. The van der Waals surface area contributed by atoms with Crippen LogP contribution < -0.4 is 11.4 Å². The molecular weight excluding hydrogens is 589 g/mol. The summed E-state index contributed by atoms with van der Waals surface area (Å²) < 4.78 is 21.3. The maximum atomic E-state index is 13.1. The van der Waals surface area contributed by atoms with E-state index in [1.807, 2.05) is 0 Å². The molecule has 0 bridgehead atoms. The second-order valence-electron chi connectivity index (χ2n) is 10.5. The first-order valence-electron chi connectivity index (χ1n) is 14.2. The molecule has 3 aliphatic rings. The molecule has 0 saturated carbocycles. The number of fused-ring (bicyclic) bond motifs is 2. The molecule has 3 saturated heterocycles. The van der Waals surface area contributed by atoms with Gasteiger partial charge in [-0.1, -0.05) is 0 Å². The van der Waals surface area contributed by atoms with Gasteiger partial charge in [0.15, 0.2) is 11.3 Å². The third kappa shape index (κ3) is 6.24. The first kappa shape index (κ1) is 29.2. The van der Waals surface area contributed by atoms with Crippen LogP contribution >= 0.6 is 23.2 Å². The van der Waals surface area contributed by atoms with E-state index in [-0.39, 0.29) is 34.0 Å². The first-order valence-corrected chi connectivity index (χ1v) is 15.0. The number of ether oxygens (including phenoxy) is 3. The highest BCUT2D eigenvalue weighted by Crippen LogP contribution is 2.25. The number of hydrogen-bond donors (Lipinski definition) is 1. The topological polar surface area (TPSA) is 147 Å². The molecule has 0 spiro atoms. The number of imidazole rings is 2. The number of rotatable bonds is 5. The third-order valence-electron chi connectivity index (χ3n) is 7.96. The summed E-state index contributed by atoms with van der Waals surface area (Å²) in [7, 11) is 0. The highest BCUT2D eigenvalue weighted by Gasteiger charge is 2.25. The van der Waals surface area contributed by atoms with Gasteiger partial charge in [0.25, 0.3) is 0 Å². The summed E-state index contributed by atoms with van der Waals surface area (Å²) in [4.78, 5) is 46.5. The fraction of sp³-hybridized carbons (Fsp3) is 0.615. The van der Waals surface area contributed by atoms with Crippen LogP contribution in [0.1, 0.15) is 37.8 Å². The molecule has 7 heterocycles. The third-order valence-corrected chi connectivity index (χ3v) is 8.32. The highest BCUT2D eigenvalue weighted by molar-refractivity contribution is 6.28. The number of aromatic amines is 1. The molecule has 7 rings (SSSR count). The molecule has 0 aliphatic carbocycles. The fourth-order valence-electron chi connectivity index (χ4n) is 5.77. The molecule has 0 amide bonds. The fourth-order valence-corrected chi connectivity index (χ4v) is 6.03. The summed E-state index contributed by atoms with van der Waals surface area (Å²) in [5.41, 5.74) is 2.36. The van der Waals surface area contributed by atoms with Crippen LogP contribution in [-0.4, -0.2) is 103 Å². The summed E-state index contributed by atoms with van der Waals surface area (Å²) in [5.74, 6) is 0. The van der Waals surface area contributed by atoms with Crippen LogP contribution in [0.25, 0.3) is 22.3 Å². The monoisotopic (exact) mass is 621 g/mol. The normalized spacial score (nSPS) is 19.3. The minimum absolute atomic E-state index is 0.0354. The van der Waals surface area contributed by atoms with Gasteiger partial charge in [-0.3, -0.25) is 18.6 Å². The summed E-state index contributed by atoms with van der Waals surface area (Å²) in [6.07, 6.45) is 6.43. The zero-order valence-electron chi connectivity index (χ0n) is 23.1. The first-order chi connectivity index (χ1) is 20.5. The maximum absolute atomic E-state index is 13.1. The van der Waals surface area contributed by atoms with Gasteiger partial charge in [0.2, 0.25) is 10.6 Å². The van der Waals surface area contributed by atoms with Crippen LogP contribution in [0.2, 0.25) is 10.6 Å². The Morgan fingerprint density at radius 2 is 1.33 bits per heavy atom. The zero-order chi connectivity index (χ0) is 29.1. The van der Waals surface area contributed by atoms with Crippen LogP contribution in [-0.2, 0) is 20.8 Å². The van der Waals surface area contributed by atoms with E-state index >= 15 is 0 Å². The van der Waals surface area contributed by atoms with Crippen molar-refractivity contribution in [3.8, 4) is 0 Å². The predicted molar refractivity (Wildman–Crippen MR) is 155 cm³/mol. The molecule has 0 aromatic carbocycles. The van der Waals surface area contributed by atoms with Gasteiger partial charge in [0, 0.05) is 64.7 Å². The smallest absolute Gasteiger partial charge is 0.330 e. The lowest BCUT2D eigenvalue weighted by atomic mass is 10.1. The van der Waals surface area contributed by atoms with Crippen LogP contribution in [0.4, 0.5) is 0 Å². The van der Waals surface area contributed by atoms with Crippen molar-refractivity contribution in [2.75, 3.05) is 59.3 Å². The second-order valence-corrected chi connectivity index (χ2v) is 11.1. The maximum Gasteiger partial charge on any atom is 0.330 e. The Kier molecular flexibility index (Phi) is 9.17. The van der Waals surface area contributed by atoms with Crippen molar-refractivity contribution in [2.45, 2.75) is 44.3 Å². The standard InChI is InChI=1S/C16H22ClN5O3.C10H11ClN4O2/c17-15-18-11-13-14(19-15)22(12-1-7-24-8-2-12)16(23)21(13)4-3-20-5-9-25-10-6-20;11-9-12-5-7-8(14-9)15(10(16)13-7)6-1-3-17-4-2-6/h11-12H,1-10H2;5-6H,1-4H2,(H,13,16). The van der Waals surface area contributed by atoms with E-state index in [4.69, 9.17) is 37.4 Å². The molecule has 0 atom stereocenters. The average Bonchev–Trinajstić information content (AvgIpc) is 3.49. The quantitative estimate of drug-likeness (QED) is 0.328. The molecular formula is C26H33Cl2N9O5. The van der Waals surface area contributed by atoms with E-state index in [1.165, 1.54) is 6.20 Å². The Balaban J connectivity index is 0.000000162. The number of nitrogens with zero attached hydrogens (tertiary/aromatic N) is 8. The van der Waals surface area contributed by atoms with Crippen LogP contribution in [0.5, 0.6) is 0 Å². The van der Waals surface area contributed by atoms with Crippen molar-refractivity contribution >= 4 is 45.5 Å². The second kappa shape index (κ2) is 13.2. The number of hydrogen-bond acceptors (Lipinski definition) is 10. The molecule has 1 N–H and O–H groups in total. The van der Waals surface area contributed by atoms with Gasteiger partial charge in [-0.2, -0.15) is 9.97 Å². The van der Waals surface area contributed by atoms with Gasteiger partial charge in [0.05, 0.1) is 25.6 Å². The molecule has 4 aromatic rings. The molecule has 3 fully saturated rings. The molecule has 0 radical (unpaired) electrons. The van der Waals surface area contributed by atoms with E-state index < -0.39 is 0 Å². The SMILES string of the molecule is O=c1[nH]c2cnc(Cl)nc2n1C1CCOCC1.O=c1n(CCN2CCOCC2)c2cnc(Cl)nc2n1C1CCOCC1. The minimum atomic E-state index is -0.163. The van der Waals surface area contributed by atoms with Crippen molar-refractivity contribution in [3.63, 3.8) is 0 Å². The predicted octanol–water partition coefficient (Wildman–Crippen LogP) is 2.05. The average molecular weight is 623 g/mol. The Hall–Kier alpha value is -2.88. The summed E-state index contributed by atoms with van der Waals surface area (Å²) in [6, 6.07) is 0.218. The molecule has 3 aliphatic heterocycles. The van der Waals surface area contributed by atoms with Gasteiger partial charge in [0.1, 0.15) is 11.0 Å². The number of morpholine rings is 1. The van der Waals surface area contributed by atoms with Gasteiger partial charge >= 0.3 is 11.4 Å². The molecule has 0 unspecified atom stereocenters. The van der Waals surface area contributed by atoms with Crippen molar-refractivity contribution < 1.29 is 14.2 Å². The van der Waals surface area contributed by atoms with E-state index in [0.29, 0.717) is 49.8 Å². The molecule has 4 aromatic heterocycles. The number of halogens is 2. The van der Waals surface area contributed by atoms with Crippen molar-refractivity contribution in [1.82, 2.24) is 43.5 Å². The number of aromatic nitrogens is 8. The van der Waals surface area contributed by atoms with E-state index in [0.717, 1.165) is 64.0 Å². The van der Waals surface area contributed by atoms with E-state index in [1.54, 1.807) is 19.9 Å². The largest absolute Gasteiger partial charge is 0.381 e. The molecule has 16 heteroatoms. The Labute approximate surface area is 250 Å². The van der Waals surface area contributed by atoms with Crippen molar-refractivity contribution in [1.29, 1.82) is 0 Å². The van der Waals surface area contributed by atoms with Gasteiger partial charge < -0.3 is 19.2 Å². The van der Waals surface area contributed by atoms with Crippen LogP contribution in [0.3, 0.4) is 0 Å². The molecule has 226 valence electrons. The highest BCUT2D eigenvalue weighted by atomic mass is 35.5. The summed E-state index contributed by atoms with van der Waals surface area (Å²) >= 11 is 11.8. The van der Waals surface area contributed by atoms with Gasteiger partial charge in [-0.15, -0.1) is 0 Å². The van der Waals surface area contributed by atoms with Crippen molar-refractivity contribution in [2.24, 2.45) is 0 Å². The van der Waals surface area contributed by atoms with Crippen LogP contribution in [0.15, 0.2) is 22.0 Å². The summed E-state index contributed by atoms with van der Waals surface area (Å²) in [5, 5.41) is 0.316. The van der Waals surface area contributed by atoms with Gasteiger partial charge in [-0.25, -0.2) is 19.6 Å². The van der Waals surface area contributed by atoms with E-state index in [9.17, 15) is 9.59 Å². The summed E-state index contributed by atoms with van der Waals surface area (Å²) in [6.45, 7) is 7.37.